The predicted octanol–water partition coefficient (Wildman–Crippen LogP) is 1.84. The van der Waals surface area contributed by atoms with Crippen LogP contribution in [0.25, 0.3) is 0 Å². The van der Waals surface area contributed by atoms with Gasteiger partial charge in [-0.3, -0.25) is 0 Å². The van der Waals surface area contributed by atoms with Crippen molar-refractivity contribution in [1.29, 1.82) is 0 Å². The monoisotopic (exact) mass is 267 g/mol. The highest BCUT2D eigenvalue weighted by Crippen LogP contribution is 2.15. The number of ether oxygens (including phenoxy) is 1. The number of nitrogens with one attached hydrogen (secondary N) is 1. The van der Waals surface area contributed by atoms with Gasteiger partial charge in [-0.1, -0.05) is 13.8 Å². The number of carbonyl (C=O) groups is 1. The first-order chi connectivity index (χ1) is 9.00. The van der Waals surface area contributed by atoms with E-state index < -0.39 is 5.97 Å². The zero-order valence-electron chi connectivity index (χ0n) is 11.3. The van der Waals surface area contributed by atoms with Gasteiger partial charge in [-0.2, -0.15) is 0 Å². The lowest BCUT2D eigenvalue weighted by Crippen LogP contribution is -2.13. The van der Waals surface area contributed by atoms with Gasteiger partial charge in [0.1, 0.15) is 5.82 Å². The van der Waals surface area contributed by atoms with Gasteiger partial charge in [0.2, 0.25) is 0 Å². The fraction of sp³-hybridized carbons (Fsp3) is 0.538. The summed E-state index contributed by atoms with van der Waals surface area (Å²) in [5, 5.41) is 11.8. The highest BCUT2D eigenvalue weighted by molar-refractivity contribution is 5.89. The molecule has 0 radical (unpaired) electrons. The van der Waals surface area contributed by atoms with E-state index in [2.05, 4.69) is 24.1 Å². The first-order valence-electron chi connectivity index (χ1n) is 6.31. The number of nitrogen functional groups attached to an aromatic ring is 1. The van der Waals surface area contributed by atoms with E-state index in [1.54, 1.807) is 0 Å². The Balaban J connectivity index is 2.32. The zero-order chi connectivity index (χ0) is 14.3. The molecule has 1 heterocycles. The van der Waals surface area contributed by atoms with Gasteiger partial charge in [-0.15, -0.1) is 0 Å². The van der Waals surface area contributed by atoms with Gasteiger partial charge in [0.15, 0.2) is 0 Å². The molecule has 0 aliphatic rings. The number of nitrogens with zero attached hydrogens (tertiary/aromatic N) is 1. The summed E-state index contributed by atoms with van der Waals surface area (Å²) in [6.07, 6.45) is 2.31. The summed E-state index contributed by atoms with van der Waals surface area (Å²) >= 11 is 0. The molecule has 0 saturated heterocycles. The molecule has 0 atom stereocenters. The molecule has 19 heavy (non-hydrogen) atoms. The predicted molar refractivity (Wildman–Crippen MR) is 74.4 cm³/mol. The number of hydrogen-bond donors (Lipinski definition) is 3. The van der Waals surface area contributed by atoms with Crippen LogP contribution in [0, 0.1) is 5.92 Å². The summed E-state index contributed by atoms with van der Waals surface area (Å²) < 4.78 is 5.44. The van der Waals surface area contributed by atoms with Crippen LogP contribution in [0.15, 0.2) is 12.3 Å². The number of pyridine rings is 1. The van der Waals surface area contributed by atoms with Crippen molar-refractivity contribution in [2.45, 2.75) is 20.3 Å². The first-order valence-corrected chi connectivity index (χ1v) is 6.31. The number of nitrogens with two attached hydrogens (primary N) is 1. The number of hydrogen-bond acceptors (Lipinski definition) is 5. The molecule has 1 aromatic heterocycles. The maximum Gasteiger partial charge on any atom is 0.337 e. The van der Waals surface area contributed by atoms with Crippen molar-refractivity contribution in [3.63, 3.8) is 0 Å². The van der Waals surface area contributed by atoms with Gasteiger partial charge in [0.05, 0.1) is 17.9 Å². The normalized spacial score (nSPS) is 10.7. The van der Waals surface area contributed by atoms with Crippen LogP contribution in [0.2, 0.25) is 0 Å². The maximum absolute atomic E-state index is 10.7. The molecule has 0 unspecified atom stereocenters. The minimum absolute atomic E-state index is 0.0798. The molecule has 0 aliphatic carbocycles. The van der Waals surface area contributed by atoms with Crippen LogP contribution in [-0.4, -0.2) is 35.8 Å². The van der Waals surface area contributed by atoms with Crippen LogP contribution in [0.5, 0.6) is 0 Å². The molecule has 1 aromatic rings. The quantitative estimate of drug-likeness (QED) is 0.622. The van der Waals surface area contributed by atoms with Gasteiger partial charge in [0.25, 0.3) is 0 Å². The standard InChI is InChI=1S/C13H21N3O3/c1-9(2)3-5-19-6-4-15-12-11(14)7-10(8-16-12)13(17)18/h7-9H,3-6,14H2,1-2H3,(H,15,16)(H,17,18). The third kappa shape index (κ3) is 5.56. The molecule has 0 aliphatic heterocycles. The molecule has 6 heteroatoms. The van der Waals surface area contributed by atoms with Crippen LogP contribution in [-0.2, 0) is 4.74 Å². The minimum Gasteiger partial charge on any atom is -0.478 e. The second kappa shape index (κ2) is 7.58. The van der Waals surface area contributed by atoms with E-state index in [4.69, 9.17) is 15.6 Å². The smallest absolute Gasteiger partial charge is 0.337 e. The summed E-state index contributed by atoms with van der Waals surface area (Å²) in [6.45, 7) is 6.18. The van der Waals surface area contributed by atoms with E-state index in [-0.39, 0.29) is 5.56 Å². The number of carboxylic acid groups (broad SMARTS) is 1. The number of anilines is 2. The topological polar surface area (TPSA) is 97.5 Å². The number of aromatic nitrogens is 1. The summed E-state index contributed by atoms with van der Waals surface area (Å²) in [5.74, 6) is 0.0778. The van der Waals surface area contributed by atoms with Gasteiger partial charge in [-0.05, 0) is 18.4 Å². The average molecular weight is 267 g/mol. The van der Waals surface area contributed by atoms with Crippen molar-refractivity contribution < 1.29 is 14.6 Å². The second-order valence-corrected chi connectivity index (χ2v) is 4.69. The molecule has 1 rings (SSSR count). The van der Waals surface area contributed by atoms with E-state index in [1.165, 1.54) is 12.3 Å². The van der Waals surface area contributed by atoms with Crippen LogP contribution in [0.1, 0.15) is 30.6 Å². The number of aromatic carboxylic acids is 1. The Morgan fingerprint density at radius 3 is 2.84 bits per heavy atom. The molecule has 0 amide bonds. The van der Waals surface area contributed by atoms with Crippen molar-refractivity contribution in [2.75, 3.05) is 30.8 Å². The van der Waals surface area contributed by atoms with Crippen molar-refractivity contribution in [2.24, 2.45) is 5.92 Å². The Kier molecular flexibility index (Phi) is 6.08. The van der Waals surface area contributed by atoms with Crippen molar-refractivity contribution in [3.8, 4) is 0 Å². The lowest BCUT2D eigenvalue weighted by atomic mass is 10.1. The molecule has 0 aromatic carbocycles. The van der Waals surface area contributed by atoms with Crippen LogP contribution in [0.4, 0.5) is 11.5 Å². The molecule has 4 N–H and O–H groups in total. The third-order valence-electron chi connectivity index (χ3n) is 2.54. The molecule has 0 saturated carbocycles. The van der Waals surface area contributed by atoms with E-state index in [9.17, 15) is 4.79 Å². The fourth-order valence-electron chi connectivity index (χ4n) is 1.41. The fourth-order valence-corrected chi connectivity index (χ4v) is 1.41. The van der Waals surface area contributed by atoms with E-state index >= 15 is 0 Å². The third-order valence-corrected chi connectivity index (χ3v) is 2.54. The van der Waals surface area contributed by atoms with Crippen molar-refractivity contribution >= 4 is 17.5 Å². The van der Waals surface area contributed by atoms with Crippen LogP contribution < -0.4 is 11.1 Å². The summed E-state index contributed by atoms with van der Waals surface area (Å²) in [4.78, 5) is 14.7. The Hall–Kier alpha value is -1.82. The molecular formula is C13H21N3O3. The molecule has 0 bridgehead atoms. The Bertz CT molecular complexity index is 422. The minimum atomic E-state index is -1.04. The first kappa shape index (κ1) is 15.2. The van der Waals surface area contributed by atoms with Gasteiger partial charge < -0.3 is 20.9 Å². The zero-order valence-corrected chi connectivity index (χ0v) is 11.3. The summed E-state index contributed by atoms with van der Waals surface area (Å²) in [6, 6.07) is 1.39. The molecule has 106 valence electrons. The molecule has 0 spiro atoms. The summed E-state index contributed by atoms with van der Waals surface area (Å²) in [7, 11) is 0. The lowest BCUT2D eigenvalue weighted by Gasteiger charge is -2.10. The molecular weight excluding hydrogens is 246 g/mol. The lowest BCUT2D eigenvalue weighted by molar-refractivity contribution is 0.0696. The molecule has 6 nitrogen and oxygen atoms in total. The number of carboxylic acids is 1. The Morgan fingerprint density at radius 1 is 1.53 bits per heavy atom. The number of rotatable bonds is 8. The van der Waals surface area contributed by atoms with Crippen molar-refractivity contribution in [1.82, 2.24) is 4.98 Å². The van der Waals surface area contributed by atoms with Crippen LogP contribution >= 0.6 is 0 Å². The van der Waals surface area contributed by atoms with Gasteiger partial charge >= 0.3 is 5.97 Å². The van der Waals surface area contributed by atoms with E-state index in [1.807, 2.05) is 0 Å². The Morgan fingerprint density at radius 2 is 2.26 bits per heavy atom. The van der Waals surface area contributed by atoms with E-state index in [0.717, 1.165) is 13.0 Å². The van der Waals surface area contributed by atoms with Gasteiger partial charge in [-0.25, -0.2) is 9.78 Å². The largest absolute Gasteiger partial charge is 0.478 e. The maximum atomic E-state index is 10.7. The second-order valence-electron chi connectivity index (χ2n) is 4.69. The highest BCUT2D eigenvalue weighted by atomic mass is 16.5. The van der Waals surface area contributed by atoms with Gasteiger partial charge in [0, 0.05) is 19.3 Å². The SMILES string of the molecule is CC(C)CCOCCNc1ncc(C(=O)O)cc1N. The molecule has 0 fully saturated rings. The van der Waals surface area contributed by atoms with E-state index in [0.29, 0.717) is 30.6 Å². The van der Waals surface area contributed by atoms with Crippen molar-refractivity contribution in [3.05, 3.63) is 17.8 Å². The average Bonchev–Trinajstić information content (AvgIpc) is 2.34. The van der Waals surface area contributed by atoms with Crippen LogP contribution in [0.3, 0.4) is 0 Å². The Labute approximate surface area is 113 Å². The summed E-state index contributed by atoms with van der Waals surface area (Å²) in [5.41, 5.74) is 6.11. The highest BCUT2D eigenvalue weighted by Gasteiger charge is 2.07.